The van der Waals surface area contributed by atoms with Crippen molar-refractivity contribution in [3.8, 4) is 0 Å². The van der Waals surface area contributed by atoms with E-state index in [1.54, 1.807) is 4.90 Å². The molecule has 0 radical (unpaired) electrons. The second-order valence-electron chi connectivity index (χ2n) is 10.7. The number of rotatable bonds is 6. The first-order valence-corrected chi connectivity index (χ1v) is 11.5. The topological polar surface area (TPSA) is 79.7 Å². The van der Waals surface area contributed by atoms with E-state index >= 15 is 0 Å². The number of hydrogen-bond acceptors (Lipinski definition) is 5. The molecule has 3 rings (SSSR count). The van der Waals surface area contributed by atoms with Gasteiger partial charge in [-0.3, -0.25) is 14.4 Å². The van der Waals surface area contributed by atoms with Gasteiger partial charge in [-0.1, -0.05) is 0 Å². The Hall–Kier alpha value is -2.09. The molecule has 1 saturated carbocycles. The first kappa shape index (κ1) is 23.6. The molecule has 0 spiro atoms. The maximum atomic E-state index is 12.8. The summed E-state index contributed by atoms with van der Waals surface area (Å²) in [5, 5.41) is 7.78. The fourth-order valence-electron chi connectivity index (χ4n) is 3.73. The fraction of sp³-hybridized carbons (Fsp3) is 0.783. The van der Waals surface area contributed by atoms with Crippen molar-refractivity contribution in [3.63, 3.8) is 0 Å². The van der Waals surface area contributed by atoms with Crippen LogP contribution >= 0.6 is 0 Å². The lowest BCUT2D eigenvalue weighted by atomic mass is 10.1. The van der Waals surface area contributed by atoms with Crippen LogP contribution in [0.1, 0.15) is 82.9 Å². The molecule has 0 aromatic carbocycles. The second kappa shape index (κ2) is 9.18. The van der Waals surface area contributed by atoms with Gasteiger partial charge in [-0.2, -0.15) is 5.10 Å². The SMILES string of the molecule is CC(C)(C)OC(=O)N1CCN(CCCNC(=O)c2cc(C3CC3)nn2C(C)(C)C)CC1. The molecule has 0 atom stereocenters. The number of carbonyl (C=O) groups excluding carboxylic acids is 2. The number of nitrogens with one attached hydrogen (secondary N) is 1. The van der Waals surface area contributed by atoms with Crippen LogP contribution in [0.3, 0.4) is 0 Å². The Balaban J connectivity index is 1.41. The molecular formula is C23H39N5O3. The Morgan fingerprint density at radius 2 is 1.74 bits per heavy atom. The van der Waals surface area contributed by atoms with Crippen molar-refractivity contribution in [2.75, 3.05) is 39.3 Å². The van der Waals surface area contributed by atoms with Crippen molar-refractivity contribution in [1.82, 2.24) is 24.9 Å². The summed E-state index contributed by atoms with van der Waals surface area (Å²) in [6.07, 6.45) is 2.98. The van der Waals surface area contributed by atoms with Gasteiger partial charge in [-0.05, 0) is 73.4 Å². The Kier molecular flexibility index (Phi) is 6.98. The minimum atomic E-state index is -0.464. The molecule has 1 aliphatic heterocycles. The van der Waals surface area contributed by atoms with E-state index < -0.39 is 5.60 Å². The third-order valence-corrected chi connectivity index (χ3v) is 5.55. The molecule has 174 valence electrons. The highest BCUT2D eigenvalue weighted by Crippen LogP contribution is 2.40. The van der Waals surface area contributed by atoms with Crippen LogP contribution in [0.4, 0.5) is 4.79 Å². The van der Waals surface area contributed by atoms with Crippen LogP contribution in [0, 0.1) is 0 Å². The summed E-state index contributed by atoms with van der Waals surface area (Å²) < 4.78 is 7.31. The highest BCUT2D eigenvalue weighted by molar-refractivity contribution is 5.92. The highest BCUT2D eigenvalue weighted by Gasteiger charge is 2.31. The zero-order chi connectivity index (χ0) is 22.8. The third-order valence-electron chi connectivity index (χ3n) is 5.55. The molecule has 1 aromatic rings. The van der Waals surface area contributed by atoms with Crippen molar-refractivity contribution in [2.45, 2.75) is 77.9 Å². The summed E-state index contributed by atoms with van der Waals surface area (Å²) in [6, 6.07) is 1.97. The average molecular weight is 434 g/mol. The standard InChI is InChI=1S/C23H39N5O3/c1-22(2,3)28-19(16-18(25-28)17-8-9-17)20(29)24-10-7-11-26-12-14-27(15-13-26)21(30)31-23(4,5)6/h16-17H,7-15H2,1-6H3,(H,24,29). The van der Waals surface area contributed by atoms with E-state index in [-0.39, 0.29) is 17.5 Å². The number of hydrogen-bond donors (Lipinski definition) is 1. The molecule has 8 nitrogen and oxygen atoms in total. The third kappa shape index (κ3) is 6.69. The van der Waals surface area contributed by atoms with Gasteiger partial charge in [0.25, 0.3) is 5.91 Å². The normalized spacial score (nSPS) is 18.2. The van der Waals surface area contributed by atoms with E-state index in [9.17, 15) is 9.59 Å². The molecule has 0 bridgehead atoms. The maximum absolute atomic E-state index is 12.8. The zero-order valence-corrected chi connectivity index (χ0v) is 20.0. The van der Waals surface area contributed by atoms with E-state index in [0.29, 0.717) is 31.2 Å². The van der Waals surface area contributed by atoms with Gasteiger partial charge in [0.2, 0.25) is 0 Å². The van der Waals surface area contributed by atoms with Gasteiger partial charge < -0.3 is 15.0 Å². The molecular weight excluding hydrogens is 394 g/mol. The predicted octanol–water partition coefficient (Wildman–Crippen LogP) is 3.19. The minimum absolute atomic E-state index is 0.0518. The van der Waals surface area contributed by atoms with Gasteiger partial charge in [0, 0.05) is 38.6 Å². The van der Waals surface area contributed by atoms with Crippen LogP contribution in [-0.4, -0.2) is 76.5 Å². The maximum Gasteiger partial charge on any atom is 0.410 e. The van der Waals surface area contributed by atoms with Crippen LogP contribution in [0.5, 0.6) is 0 Å². The quantitative estimate of drug-likeness (QED) is 0.697. The zero-order valence-electron chi connectivity index (χ0n) is 20.0. The molecule has 31 heavy (non-hydrogen) atoms. The van der Waals surface area contributed by atoms with E-state index in [2.05, 4.69) is 31.0 Å². The molecule has 2 heterocycles. The monoisotopic (exact) mass is 433 g/mol. The Morgan fingerprint density at radius 1 is 1.10 bits per heavy atom. The molecule has 2 aliphatic rings. The summed E-state index contributed by atoms with van der Waals surface area (Å²) in [4.78, 5) is 29.1. The van der Waals surface area contributed by atoms with Crippen molar-refractivity contribution in [1.29, 1.82) is 0 Å². The number of carbonyl (C=O) groups is 2. The molecule has 1 saturated heterocycles. The molecule has 1 N–H and O–H groups in total. The summed E-state index contributed by atoms with van der Waals surface area (Å²) in [6.45, 7) is 16.4. The average Bonchev–Trinajstić information content (AvgIpc) is 3.41. The Morgan fingerprint density at radius 3 is 2.29 bits per heavy atom. The first-order chi connectivity index (χ1) is 14.4. The number of amides is 2. The fourth-order valence-corrected chi connectivity index (χ4v) is 3.73. The smallest absolute Gasteiger partial charge is 0.410 e. The molecule has 1 aliphatic carbocycles. The van der Waals surface area contributed by atoms with Crippen molar-refractivity contribution < 1.29 is 14.3 Å². The summed E-state index contributed by atoms with van der Waals surface area (Å²) in [7, 11) is 0. The minimum Gasteiger partial charge on any atom is -0.444 e. The molecule has 0 unspecified atom stereocenters. The van der Waals surface area contributed by atoms with Gasteiger partial charge in [-0.15, -0.1) is 0 Å². The molecule has 2 fully saturated rings. The summed E-state index contributed by atoms with van der Waals surface area (Å²) >= 11 is 0. The number of aromatic nitrogens is 2. The van der Waals surface area contributed by atoms with E-state index in [1.165, 1.54) is 12.8 Å². The van der Waals surface area contributed by atoms with Crippen LogP contribution in [0.2, 0.25) is 0 Å². The van der Waals surface area contributed by atoms with Crippen LogP contribution in [-0.2, 0) is 10.3 Å². The van der Waals surface area contributed by atoms with Crippen LogP contribution in [0.15, 0.2) is 6.07 Å². The number of ether oxygens (including phenoxy) is 1. The van der Waals surface area contributed by atoms with E-state index in [4.69, 9.17) is 9.84 Å². The van der Waals surface area contributed by atoms with Crippen molar-refractivity contribution in [2.24, 2.45) is 0 Å². The second-order valence-corrected chi connectivity index (χ2v) is 10.7. The van der Waals surface area contributed by atoms with Gasteiger partial charge in [0.05, 0.1) is 11.2 Å². The van der Waals surface area contributed by atoms with E-state index in [0.717, 1.165) is 31.7 Å². The van der Waals surface area contributed by atoms with Crippen molar-refractivity contribution in [3.05, 3.63) is 17.5 Å². The van der Waals surface area contributed by atoms with Crippen LogP contribution < -0.4 is 5.32 Å². The number of piperazine rings is 1. The molecule has 8 heteroatoms. The van der Waals surface area contributed by atoms with Gasteiger partial charge in [-0.25, -0.2) is 4.79 Å². The van der Waals surface area contributed by atoms with Gasteiger partial charge in [0.1, 0.15) is 11.3 Å². The van der Waals surface area contributed by atoms with Gasteiger partial charge >= 0.3 is 6.09 Å². The summed E-state index contributed by atoms with van der Waals surface area (Å²) in [5.41, 5.74) is 1.00. The first-order valence-electron chi connectivity index (χ1n) is 11.5. The largest absolute Gasteiger partial charge is 0.444 e. The van der Waals surface area contributed by atoms with Crippen molar-refractivity contribution >= 4 is 12.0 Å². The van der Waals surface area contributed by atoms with Gasteiger partial charge in [0.15, 0.2) is 0 Å². The predicted molar refractivity (Wildman–Crippen MR) is 120 cm³/mol. The lowest BCUT2D eigenvalue weighted by molar-refractivity contribution is 0.0144. The summed E-state index contributed by atoms with van der Waals surface area (Å²) in [5.74, 6) is 0.471. The highest BCUT2D eigenvalue weighted by atomic mass is 16.6. The Labute approximate surface area is 186 Å². The molecule has 2 amide bonds. The van der Waals surface area contributed by atoms with E-state index in [1.807, 2.05) is 31.5 Å². The molecule has 1 aromatic heterocycles. The number of nitrogens with zero attached hydrogens (tertiary/aromatic N) is 4. The van der Waals surface area contributed by atoms with Crippen LogP contribution in [0.25, 0.3) is 0 Å². The lowest BCUT2D eigenvalue weighted by Gasteiger charge is -2.35. The Bertz CT molecular complexity index is 778. The lowest BCUT2D eigenvalue weighted by Crippen LogP contribution is -2.50.